The maximum atomic E-state index is 12.7. The molecule has 0 radical (unpaired) electrons. The summed E-state index contributed by atoms with van der Waals surface area (Å²) in [6.45, 7) is 2.37. The van der Waals surface area contributed by atoms with Gasteiger partial charge in [0, 0.05) is 5.56 Å². The Morgan fingerprint density at radius 3 is 2.69 bits per heavy atom. The topological polar surface area (TPSA) is 54.3 Å². The molecule has 6 heteroatoms. The van der Waals surface area contributed by atoms with Crippen LogP contribution in [0.4, 0.5) is 0 Å². The minimum Gasteiger partial charge on any atom is -0.496 e. The van der Waals surface area contributed by atoms with E-state index in [1.165, 1.54) is 11.8 Å². The standard InChI is InChI=1S/C23H21N3O2S/c1-16-22(27)26(15-19-11-7-10-17-8-3-5-12-20(17)19)23(29-16)25-24-14-18-9-4-6-13-21(18)28-2/h3-14,16H,15H2,1-2H3/b24-14-,25-23?/t16-/m0/s1. The van der Waals surface area contributed by atoms with Crippen molar-refractivity contribution >= 4 is 39.8 Å². The van der Waals surface area contributed by atoms with E-state index in [1.54, 1.807) is 18.2 Å². The predicted octanol–water partition coefficient (Wildman–Crippen LogP) is 4.70. The first-order chi connectivity index (χ1) is 14.2. The number of hydrogen-bond acceptors (Lipinski definition) is 5. The summed E-state index contributed by atoms with van der Waals surface area (Å²) >= 11 is 1.43. The fourth-order valence-electron chi connectivity index (χ4n) is 3.32. The first-order valence-electron chi connectivity index (χ1n) is 9.36. The lowest BCUT2D eigenvalue weighted by Gasteiger charge is -2.17. The van der Waals surface area contributed by atoms with Crippen molar-refractivity contribution in [2.24, 2.45) is 10.2 Å². The lowest BCUT2D eigenvalue weighted by molar-refractivity contribution is -0.126. The monoisotopic (exact) mass is 403 g/mol. The van der Waals surface area contributed by atoms with E-state index in [0.29, 0.717) is 11.7 Å². The van der Waals surface area contributed by atoms with Crippen LogP contribution >= 0.6 is 11.8 Å². The van der Waals surface area contributed by atoms with Crippen LogP contribution in [0.3, 0.4) is 0 Å². The van der Waals surface area contributed by atoms with E-state index in [9.17, 15) is 4.79 Å². The van der Waals surface area contributed by atoms with E-state index in [-0.39, 0.29) is 11.2 Å². The van der Waals surface area contributed by atoms with Crippen molar-refractivity contribution in [1.82, 2.24) is 4.90 Å². The van der Waals surface area contributed by atoms with Gasteiger partial charge in [0.15, 0.2) is 5.17 Å². The van der Waals surface area contributed by atoms with Crippen molar-refractivity contribution in [3.05, 3.63) is 77.9 Å². The van der Waals surface area contributed by atoms with Crippen LogP contribution in [0, 0.1) is 0 Å². The van der Waals surface area contributed by atoms with E-state index in [4.69, 9.17) is 4.74 Å². The molecule has 5 nitrogen and oxygen atoms in total. The molecule has 0 saturated carbocycles. The van der Waals surface area contributed by atoms with E-state index in [1.807, 2.05) is 49.4 Å². The Morgan fingerprint density at radius 1 is 1.07 bits per heavy atom. The third-order valence-electron chi connectivity index (χ3n) is 4.81. The van der Waals surface area contributed by atoms with Gasteiger partial charge in [-0.05, 0) is 35.4 Å². The molecule has 3 aromatic rings. The van der Waals surface area contributed by atoms with E-state index in [2.05, 4.69) is 34.5 Å². The van der Waals surface area contributed by atoms with Crippen LogP contribution in [0.15, 0.2) is 76.9 Å². The van der Waals surface area contributed by atoms with Gasteiger partial charge in [0.25, 0.3) is 0 Å². The number of nitrogens with zero attached hydrogens (tertiary/aromatic N) is 3. The zero-order valence-electron chi connectivity index (χ0n) is 16.3. The van der Waals surface area contributed by atoms with Gasteiger partial charge in [0.1, 0.15) is 5.75 Å². The highest BCUT2D eigenvalue weighted by Crippen LogP contribution is 2.30. The molecule has 1 atom stereocenters. The number of carbonyl (C=O) groups is 1. The molecule has 3 aromatic carbocycles. The van der Waals surface area contributed by atoms with Gasteiger partial charge in [-0.15, -0.1) is 5.10 Å². The minimum absolute atomic E-state index is 0.0502. The van der Waals surface area contributed by atoms with Crippen LogP contribution in [0.5, 0.6) is 5.75 Å². The van der Waals surface area contributed by atoms with Gasteiger partial charge >= 0.3 is 0 Å². The number of hydrogen-bond donors (Lipinski definition) is 0. The molecule has 0 N–H and O–H groups in total. The molecule has 1 aliphatic rings. The number of benzene rings is 3. The number of rotatable bonds is 5. The zero-order valence-corrected chi connectivity index (χ0v) is 17.1. The van der Waals surface area contributed by atoms with E-state index in [0.717, 1.165) is 27.6 Å². The average Bonchev–Trinajstić information content (AvgIpc) is 3.02. The second-order valence-electron chi connectivity index (χ2n) is 6.69. The Labute approximate surface area is 174 Å². The first kappa shape index (κ1) is 19.2. The van der Waals surface area contributed by atoms with Crippen molar-refractivity contribution in [2.75, 3.05) is 7.11 Å². The van der Waals surface area contributed by atoms with Crippen molar-refractivity contribution in [3.8, 4) is 5.75 Å². The molecule has 0 spiro atoms. The quantitative estimate of drug-likeness (QED) is 0.458. The summed E-state index contributed by atoms with van der Waals surface area (Å²) in [5.74, 6) is 0.779. The summed E-state index contributed by atoms with van der Waals surface area (Å²) in [6.07, 6.45) is 1.65. The summed E-state index contributed by atoms with van der Waals surface area (Å²) in [5.41, 5.74) is 1.93. The van der Waals surface area contributed by atoms with Crippen LogP contribution < -0.4 is 4.74 Å². The SMILES string of the molecule is COc1ccccc1/C=N\N=C1S[C@@H](C)C(=O)N1Cc1cccc2ccccc12. The summed E-state index contributed by atoms with van der Waals surface area (Å²) < 4.78 is 5.33. The fourth-order valence-corrected chi connectivity index (χ4v) is 4.24. The average molecular weight is 404 g/mol. The maximum Gasteiger partial charge on any atom is 0.242 e. The number of para-hydroxylation sites is 1. The van der Waals surface area contributed by atoms with Crippen molar-refractivity contribution < 1.29 is 9.53 Å². The number of carbonyl (C=O) groups excluding carboxylic acids is 1. The summed E-state index contributed by atoms with van der Waals surface area (Å²) in [4.78, 5) is 14.5. The van der Waals surface area contributed by atoms with Crippen LogP contribution in [0.25, 0.3) is 10.8 Å². The molecule has 146 valence electrons. The fraction of sp³-hybridized carbons (Fsp3) is 0.174. The second-order valence-corrected chi connectivity index (χ2v) is 8.00. The summed E-state index contributed by atoms with van der Waals surface area (Å²) in [6, 6.07) is 21.9. The third-order valence-corrected chi connectivity index (χ3v) is 5.88. The van der Waals surface area contributed by atoms with Gasteiger partial charge in [-0.3, -0.25) is 9.69 Å². The van der Waals surface area contributed by atoms with Crippen molar-refractivity contribution in [2.45, 2.75) is 18.7 Å². The number of fused-ring (bicyclic) bond motifs is 1. The normalized spacial score (nSPS) is 18.3. The largest absolute Gasteiger partial charge is 0.496 e. The van der Waals surface area contributed by atoms with Crippen molar-refractivity contribution in [3.63, 3.8) is 0 Å². The highest BCUT2D eigenvalue weighted by molar-refractivity contribution is 8.15. The highest BCUT2D eigenvalue weighted by atomic mass is 32.2. The number of amidine groups is 1. The molecule has 0 aliphatic carbocycles. The molecule has 1 heterocycles. The van der Waals surface area contributed by atoms with Crippen LogP contribution in [0.1, 0.15) is 18.1 Å². The molecule has 0 unspecified atom stereocenters. The second kappa shape index (κ2) is 8.49. The maximum absolute atomic E-state index is 12.7. The van der Waals surface area contributed by atoms with Gasteiger partial charge in [-0.1, -0.05) is 66.4 Å². The predicted molar refractivity (Wildman–Crippen MR) is 120 cm³/mol. The Bertz CT molecular complexity index is 1100. The molecule has 29 heavy (non-hydrogen) atoms. The Kier molecular flexibility index (Phi) is 5.62. The Hall–Kier alpha value is -3.12. The highest BCUT2D eigenvalue weighted by Gasteiger charge is 2.35. The Balaban J connectivity index is 1.62. The number of amides is 1. The van der Waals surface area contributed by atoms with Crippen LogP contribution in [-0.2, 0) is 11.3 Å². The van der Waals surface area contributed by atoms with Gasteiger partial charge in [0.2, 0.25) is 5.91 Å². The molecule has 0 aromatic heterocycles. The number of methoxy groups -OCH3 is 1. The summed E-state index contributed by atoms with van der Waals surface area (Å²) in [5, 5.41) is 11.3. The third kappa shape index (κ3) is 4.03. The molecular weight excluding hydrogens is 382 g/mol. The first-order valence-corrected chi connectivity index (χ1v) is 10.2. The molecule has 1 aliphatic heterocycles. The molecule has 1 fully saturated rings. The Morgan fingerprint density at radius 2 is 1.83 bits per heavy atom. The lowest BCUT2D eigenvalue weighted by atomic mass is 10.0. The number of thioether (sulfide) groups is 1. The van der Waals surface area contributed by atoms with E-state index >= 15 is 0 Å². The molecule has 4 rings (SSSR count). The zero-order chi connectivity index (χ0) is 20.2. The molecule has 1 saturated heterocycles. The van der Waals surface area contributed by atoms with Gasteiger partial charge < -0.3 is 4.74 Å². The summed E-state index contributed by atoms with van der Waals surface area (Å²) in [7, 11) is 1.62. The molecule has 1 amide bonds. The smallest absolute Gasteiger partial charge is 0.242 e. The minimum atomic E-state index is -0.176. The van der Waals surface area contributed by atoms with Crippen molar-refractivity contribution in [1.29, 1.82) is 0 Å². The van der Waals surface area contributed by atoms with E-state index < -0.39 is 0 Å². The lowest BCUT2D eigenvalue weighted by Crippen LogP contribution is -2.30. The van der Waals surface area contributed by atoms with Gasteiger partial charge in [0.05, 0.1) is 25.1 Å². The number of ether oxygens (including phenoxy) is 1. The van der Waals surface area contributed by atoms with Crippen LogP contribution in [0.2, 0.25) is 0 Å². The molecule has 0 bridgehead atoms. The van der Waals surface area contributed by atoms with Gasteiger partial charge in [-0.25, -0.2) is 0 Å². The van der Waals surface area contributed by atoms with Crippen LogP contribution in [-0.4, -0.2) is 34.5 Å². The van der Waals surface area contributed by atoms with Gasteiger partial charge in [-0.2, -0.15) is 5.10 Å². The molecular formula is C23H21N3O2S.